The van der Waals surface area contributed by atoms with Crippen molar-refractivity contribution in [3.8, 4) is 5.75 Å². The van der Waals surface area contributed by atoms with Crippen LogP contribution in [0.3, 0.4) is 0 Å². The van der Waals surface area contributed by atoms with Gasteiger partial charge in [0.05, 0.1) is 25.7 Å². The van der Waals surface area contributed by atoms with Crippen LogP contribution in [0.2, 0.25) is 0 Å². The fourth-order valence-electron chi connectivity index (χ4n) is 4.21. The fourth-order valence-corrected chi connectivity index (χ4v) is 5.13. The van der Waals surface area contributed by atoms with Gasteiger partial charge in [0.1, 0.15) is 10.4 Å². The minimum absolute atomic E-state index is 0.606. The van der Waals surface area contributed by atoms with Crippen molar-refractivity contribution < 1.29 is 4.74 Å². The number of pyridine rings is 1. The van der Waals surface area contributed by atoms with Gasteiger partial charge in [-0.05, 0) is 32.8 Å². The van der Waals surface area contributed by atoms with Gasteiger partial charge in [0.25, 0.3) is 0 Å². The highest BCUT2D eigenvalue weighted by Crippen LogP contribution is 2.47. The number of rotatable bonds is 7. The summed E-state index contributed by atoms with van der Waals surface area (Å²) in [5.41, 5.74) is 11.4. The molecule has 2 heterocycles. The molecule has 0 aliphatic heterocycles. The van der Waals surface area contributed by atoms with Gasteiger partial charge in [-0.15, -0.1) is 0 Å². The molecule has 0 unspecified atom stereocenters. The second kappa shape index (κ2) is 7.82. The largest absolute Gasteiger partial charge is 0.491 e. The SMILES string of the molecule is CCC[N+](CCC)(c1c(OC)cc(C)nc1C)c1cccc2nc(N)sc12. The molecule has 0 spiro atoms. The Morgan fingerprint density at radius 3 is 2.44 bits per heavy atom. The topological polar surface area (TPSA) is 61.0 Å². The Morgan fingerprint density at radius 2 is 1.81 bits per heavy atom. The number of aromatic nitrogens is 2. The van der Waals surface area contributed by atoms with Crippen LogP contribution in [0, 0.1) is 13.8 Å². The number of hydrogen-bond acceptors (Lipinski definition) is 5. The first-order valence-electron chi connectivity index (χ1n) is 9.52. The van der Waals surface area contributed by atoms with Crippen molar-refractivity contribution in [1.82, 2.24) is 14.5 Å². The van der Waals surface area contributed by atoms with Crippen molar-refractivity contribution in [2.24, 2.45) is 0 Å². The smallest absolute Gasteiger partial charge is 0.201 e. The zero-order valence-corrected chi connectivity index (χ0v) is 17.7. The number of benzene rings is 1. The third-order valence-corrected chi connectivity index (χ3v) is 5.91. The summed E-state index contributed by atoms with van der Waals surface area (Å²) in [5, 5.41) is 0.606. The molecular weight excluding hydrogens is 356 g/mol. The molecule has 3 aromatic rings. The molecule has 0 amide bonds. The Hall–Kier alpha value is -2.18. The zero-order chi connectivity index (χ0) is 19.6. The lowest BCUT2D eigenvalue weighted by molar-refractivity contribution is 0.349. The highest BCUT2D eigenvalue weighted by Gasteiger charge is 2.39. The van der Waals surface area contributed by atoms with E-state index in [9.17, 15) is 0 Å². The van der Waals surface area contributed by atoms with Crippen LogP contribution >= 0.6 is 11.3 Å². The van der Waals surface area contributed by atoms with Crippen molar-refractivity contribution in [2.75, 3.05) is 25.9 Å². The molecule has 0 saturated heterocycles. The van der Waals surface area contributed by atoms with Crippen molar-refractivity contribution in [1.29, 1.82) is 0 Å². The first-order chi connectivity index (χ1) is 13.0. The van der Waals surface area contributed by atoms with E-state index in [-0.39, 0.29) is 0 Å². The molecular formula is C21H29N4OS+. The van der Waals surface area contributed by atoms with Gasteiger partial charge in [-0.2, -0.15) is 0 Å². The van der Waals surface area contributed by atoms with Gasteiger partial charge in [0.15, 0.2) is 16.6 Å². The second-order valence-corrected chi connectivity index (χ2v) is 8.02. The average Bonchev–Trinajstić information content (AvgIpc) is 3.00. The molecule has 3 rings (SSSR count). The number of nitrogens with two attached hydrogens (primary N) is 1. The van der Waals surface area contributed by atoms with E-state index < -0.39 is 0 Å². The van der Waals surface area contributed by atoms with Crippen molar-refractivity contribution in [3.05, 3.63) is 35.7 Å². The van der Waals surface area contributed by atoms with E-state index in [0.717, 1.165) is 59.0 Å². The van der Waals surface area contributed by atoms with Gasteiger partial charge in [0, 0.05) is 17.8 Å². The molecule has 27 heavy (non-hydrogen) atoms. The normalized spacial score (nSPS) is 11.9. The molecule has 1 aromatic carbocycles. The van der Waals surface area contributed by atoms with E-state index in [0.29, 0.717) is 9.61 Å². The number of thiazole rings is 1. The number of nitrogen functional groups attached to an aromatic ring is 1. The molecule has 0 fully saturated rings. The summed E-state index contributed by atoms with van der Waals surface area (Å²) >= 11 is 1.56. The molecule has 0 atom stereocenters. The van der Waals surface area contributed by atoms with Crippen LogP contribution in [0.1, 0.15) is 38.1 Å². The second-order valence-electron chi connectivity index (χ2n) is 6.99. The zero-order valence-electron chi connectivity index (χ0n) is 16.9. The Balaban J connectivity index is 2.40. The maximum atomic E-state index is 6.06. The van der Waals surface area contributed by atoms with Crippen LogP contribution in [-0.4, -0.2) is 30.2 Å². The Kier molecular flexibility index (Phi) is 5.67. The predicted molar refractivity (Wildman–Crippen MR) is 116 cm³/mol. The number of ether oxygens (including phenoxy) is 1. The summed E-state index contributed by atoms with van der Waals surface area (Å²) in [7, 11) is 1.75. The molecule has 6 heteroatoms. The maximum Gasteiger partial charge on any atom is 0.201 e. The van der Waals surface area contributed by atoms with Crippen LogP contribution < -0.4 is 15.0 Å². The minimum Gasteiger partial charge on any atom is -0.491 e. The highest BCUT2D eigenvalue weighted by molar-refractivity contribution is 7.22. The summed E-state index contributed by atoms with van der Waals surface area (Å²) < 4.78 is 7.71. The number of quaternary nitrogens is 1. The fraction of sp³-hybridized carbons (Fsp3) is 0.429. The van der Waals surface area contributed by atoms with Gasteiger partial charge in [-0.25, -0.2) is 4.98 Å². The average molecular weight is 386 g/mol. The Bertz CT molecular complexity index is 945. The summed E-state index contributed by atoms with van der Waals surface area (Å²) in [6.45, 7) is 10.5. The number of methoxy groups -OCH3 is 1. The number of hydrogen-bond donors (Lipinski definition) is 1. The van der Waals surface area contributed by atoms with E-state index in [1.165, 1.54) is 5.69 Å². The van der Waals surface area contributed by atoms with Gasteiger partial charge >= 0.3 is 0 Å². The number of anilines is 1. The predicted octanol–water partition coefficient (Wildman–Crippen LogP) is 5.36. The maximum absolute atomic E-state index is 6.06. The van der Waals surface area contributed by atoms with Gasteiger partial charge in [-0.3, -0.25) is 9.47 Å². The van der Waals surface area contributed by atoms with Crippen molar-refractivity contribution in [3.63, 3.8) is 0 Å². The molecule has 0 bridgehead atoms. The van der Waals surface area contributed by atoms with Crippen LogP contribution in [0.15, 0.2) is 24.3 Å². The lowest BCUT2D eigenvalue weighted by Crippen LogP contribution is -2.46. The molecule has 5 nitrogen and oxygen atoms in total. The first kappa shape index (κ1) is 19.6. The summed E-state index contributed by atoms with van der Waals surface area (Å²) in [4.78, 5) is 9.31. The van der Waals surface area contributed by atoms with Gasteiger partial charge in [-0.1, -0.05) is 31.3 Å². The van der Waals surface area contributed by atoms with Crippen LogP contribution in [0.5, 0.6) is 5.75 Å². The molecule has 0 aliphatic rings. The van der Waals surface area contributed by atoms with E-state index in [4.69, 9.17) is 15.5 Å². The van der Waals surface area contributed by atoms with Crippen molar-refractivity contribution >= 4 is 38.1 Å². The van der Waals surface area contributed by atoms with Crippen LogP contribution in [0.25, 0.3) is 10.2 Å². The van der Waals surface area contributed by atoms with Crippen LogP contribution in [-0.2, 0) is 0 Å². The highest BCUT2D eigenvalue weighted by atomic mass is 32.1. The summed E-state index contributed by atoms with van der Waals surface area (Å²) in [6.07, 6.45) is 2.09. The first-order valence-corrected chi connectivity index (χ1v) is 10.3. The van der Waals surface area contributed by atoms with E-state index in [2.05, 4.69) is 37.9 Å². The molecule has 2 aromatic heterocycles. The summed E-state index contributed by atoms with van der Waals surface area (Å²) in [6, 6.07) is 8.38. The lowest BCUT2D eigenvalue weighted by Gasteiger charge is -2.39. The van der Waals surface area contributed by atoms with Gasteiger partial charge in [0.2, 0.25) is 5.69 Å². The van der Waals surface area contributed by atoms with E-state index in [1.807, 2.05) is 19.1 Å². The molecule has 0 aliphatic carbocycles. The number of nitrogens with zero attached hydrogens (tertiary/aromatic N) is 3. The summed E-state index contributed by atoms with van der Waals surface area (Å²) in [5.74, 6) is 0.899. The third-order valence-electron chi connectivity index (χ3n) is 4.99. The Morgan fingerprint density at radius 1 is 1.11 bits per heavy atom. The standard InChI is InChI=1S/C21H29N4OS/c1-6-11-25(12-7-2,19-15(4)23-14(3)13-18(19)26-5)17-10-8-9-16-20(17)27-21(22)24-16/h8-10,13H,6-7,11-12H2,1-5H3,(H2,22,24)/q+1. The van der Waals surface area contributed by atoms with E-state index >= 15 is 0 Å². The minimum atomic E-state index is 0.606. The molecule has 0 radical (unpaired) electrons. The third kappa shape index (κ3) is 3.39. The quantitative estimate of drug-likeness (QED) is 0.556. The monoisotopic (exact) mass is 385 g/mol. The number of aryl methyl sites for hydroxylation is 2. The molecule has 2 N–H and O–H groups in total. The molecule has 0 saturated carbocycles. The van der Waals surface area contributed by atoms with E-state index in [1.54, 1.807) is 18.4 Å². The van der Waals surface area contributed by atoms with Crippen LogP contribution in [0.4, 0.5) is 16.5 Å². The van der Waals surface area contributed by atoms with Gasteiger partial charge < -0.3 is 10.5 Å². The van der Waals surface area contributed by atoms with Crippen molar-refractivity contribution in [2.45, 2.75) is 40.5 Å². The lowest BCUT2D eigenvalue weighted by atomic mass is 10.1. The number of fused-ring (bicyclic) bond motifs is 1. The molecule has 144 valence electrons. The Labute approximate surface area is 165 Å².